The molecule has 0 saturated heterocycles. The Hall–Kier alpha value is -1.70. The summed E-state index contributed by atoms with van der Waals surface area (Å²) in [5, 5.41) is 4.81. The van der Waals surface area contributed by atoms with Gasteiger partial charge in [0.15, 0.2) is 0 Å². The van der Waals surface area contributed by atoms with E-state index in [0.29, 0.717) is 18.9 Å². The lowest BCUT2D eigenvalue weighted by Gasteiger charge is -2.35. The smallest absolute Gasteiger partial charge is 0.253 e. The first kappa shape index (κ1) is 19.6. The zero-order chi connectivity index (χ0) is 19.6. The van der Waals surface area contributed by atoms with Crippen LogP contribution in [0.15, 0.2) is 46.0 Å². The number of nitrogens with one attached hydrogen (secondary N) is 1. The van der Waals surface area contributed by atoms with Gasteiger partial charge in [0.1, 0.15) is 10.3 Å². The van der Waals surface area contributed by atoms with Crippen LogP contribution in [0.2, 0.25) is 0 Å². The molecule has 1 unspecified atom stereocenters. The van der Waals surface area contributed by atoms with Crippen LogP contribution in [0.3, 0.4) is 0 Å². The lowest BCUT2D eigenvalue weighted by Crippen LogP contribution is -2.52. The van der Waals surface area contributed by atoms with Crippen molar-refractivity contribution in [3.05, 3.63) is 52.9 Å². The van der Waals surface area contributed by atoms with E-state index in [1.807, 2.05) is 24.3 Å². The first-order valence-electron chi connectivity index (χ1n) is 9.95. The predicted molar refractivity (Wildman–Crippen MR) is 111 cm³/mol. The number of rotatable bonds is 5. The second kappa shape index (κ2) is 8.35. The second-order valence-corrected chi connectivity index (χ2v) is 10.8. The fourth-order valence-electron chi connectivity index (χ4n) is 4.25. The highest BCUT2D eigenvalue weighted by Gasteiger charge is 2.40. The molecule has 2 aliphatic rings. The van der Waals surface area contributed by atoms with Crippen LogP contribution in [-0.4, -0.2) is 31.2 Å². The maximum Gasteiger partial charge on any atom is 0.253 e. The quantitative estimate of drug-likeness (QED) is 0.807. The Morgan fingerprint density at radius 2 is 1.82 bits per heavy atom. The molecule has 1 saturated carbocycles. The monoisotopic (exact) mass is 418 g/mol. The molecule has 2 aromatic rings. The van der Waals surface area contributed by atoms with Crippen molar-refractivity contribution in [3.8, 4) is 0 Å². The minimum Gasteiger partial charge on any atom is -0.354 e. The van der Waals surface area contributed by atoms with E-state index < -0.39 is 16.1 Å². The molecule has 1 aliphatic carbocycles. The molecule has 7 heteroatoms. The van der Waals surface area contributed by atoms with Gasteiger partial charge >= 0.3 is 0 Å². The maximum atomic E-state index is 13.2. The molecule has 0 radical (unpaired) electrons. The molecule has 4 rings (SSSR count). The number of hydrogen-bond acceptors (Lipinski definition) is 4. The Bertz CT molecular complexity index is 919. The van der Waals surface area contributed by atoms with Gasteiger partial charge < -0.3 is 5.32 Å². The van der Waals surface area contributed by atoms with Crippen molar-refractivity contribution in [1.82, 2.24) is 9.62 Å². The summed E-state index contributed by atoms with van der Waals surface area (Å²) in [6.45, 7) is 0.877. The minimum atomic E-state index is -3.71. The third kappa shape index (κ3) is 4.02. The number of sulfonamides is 1. The number of fused-ring (bicyclic) bond motifs is 1. The number of hydrogen-bond donors (Lipinski definition) is 1. The summed E-state index contributed by atoms with van der Waals surface area (Å²) in [7, 11) is -3.71. The third-order valence-corrected chi connectivity index (χ3v) is 9.08. The van der Waals surface area contributed by atoms with E-state index in [4.69, 9.17) is 0 Å². The highest BCUT2D eigenvalue weighted by atomic mass is 32.2. The Kier molecular flexibility index (Phi) is 5.85. The average molecular weight is 419 g/mol. The van der Waals surface area contributed by atoms with Gasteiger partial charge in [-0.2, -0.15) is 4.31 Å². The van der Waals surface area contributed by atoms with Crippen LogP contribution < -0.4 is 5.32 Å². The number of amides is 1. The lowest BCUT2D eigenvalue weighted by atomic mass is 9.89. The van der Waals surface area contributed by atoms with Gasteiger partial charge in [0.25, 0.3) is 10.0 Å². The number of benzene rings is 1. The van der Waals surface area contributed by atoms with Crippen LogP contribution in [-0.2, 0) is 27.8 Å². The third-order valence-electron chi connectivity index (χ3n) is 5.86. The topological polar surface area (TPSA) is 66.5 Å². The number of carbonyl (C=O) groups is 1. The van der Waals surface area contributed by atoms with Gasteiger partial charge in [-0.3, -0.25) is 4.79 Å². The van der Waals surface area contributed by atoms with Crippen LogP contribution in [0.5, 0.6) is 0 Å². The zero-order valence-corrected chi connectivity index (χ0v) is 17.5. The minimum absolute atomic E-state index is 0.180. The Morgan fingerprint density at radius 1 is 1.07 bits per heavy atom. The zero-order valence-electron chi connectivity index (χ0n) is 15.8. The van der Waals surface area contributed by atoms with Gasteiger partial charge in [0.05, 0.1) is 0 Å². The van der Waals surface area contributed by atoms with Gasteiger partial charge in [0.2, 0.25) is 5.91 Å². The molecule has 5 nitrogen and oxygen atoms in total. The Morgan fingerprint density at radius 3 is 2.54 bits per heavy atom. The molecule has 150 valence electrons. The molecule has 1 aromatic carbocycles. The Labute approximate surface area is 170 Å². The highest BCUT2D eigenvalue weighted by Crippen LogP contribution is 2.31. The molecule has 0 spiro atoms. The second-order valence-electron chi connectivity index (χ2n) is 7.72. The van der Waals surface area contributed by atoms with Crippen molar-refractivity contribution >= 4 is 27.3 Å². The van der Waals surface area contributed by atoms with Gasteiger partial charge in [-0.05, 0) is 47.8 Å². The van der Waals surface area contributed by atoms with E-state index in [9.17, 15) is 13.2 Å². The standard InChI is InChI=1S/C21H26N2O3S2/c24-21(22-14-16-7-2-1-3-8-16)19-13-17-9-4-5-10-18(17)15-23(19)28(25,26)20-11-6-12-27-20/h4-6,9-12,16,19H,1-3,7-8,13-15H2,(H,22,24). The number of thiophene rings is 1. The van der Waals surface area contributed by atoms with Crippen LogP contribution in [0.1, 0.15) is 43.2 Å². The summed E-state index contributed by atoms with van der Waals surface area (Å²) >= 11 is 1.19. The fourth-order valence-corrected chi connectivity index (χ4v) is 6.94. The summed E-state index contributed by atoms with van der Waals surface area (Å²) in [4.78, 5) is 13.1. The molecule has 1 amide bonds. The summed E-state index contributed by atoms with van der Waals surface area (Å²) in [6.07, 6.45) is 6.41. The van der Waals surface area contributed by atoms with E-state index in [2.05, 4.69) is 5.32 Å². The number of nitrogens with zero attached hydrogens (tertiary/aromatic N) is 1. The van der Waals surface area contributed by atoms with Crippen molar-refractivity contribution < 1.29 is 13.2 Å². The summed E-state index contributed by atoms with van der Waals surface area (Å²) in [6, 6.07) is 10.4. The molecule has 1 atom stereocenters. The van der Waals surface area contributed by atoms with Gasteiger partial charge in [-0.15, -0.1) is 11.3 Å². The molecule has 28 heavy (non-hydrogen) atoms. The number of carbonyl (C=O) groups excluding carboxylic acids is 1. The van der Waals surface area contributed by atoms with E-state index >= 15 is 0 Å². The van der Waals surface area contributed by atoms with Crippen molar-refractivity contribution in [2.24, 2.45) is 5.92 Å². The van der Waals surface area contributed by atoms with Crippen LogP contribution in [0.4, 0.5) is 0 Å². The maximum absolute atomic E-state index is 13.2. The van der Waals surface area contributed by atoms with Crippen molar-refractivity contribution in [1.29, 1.82) is 0 Å². The molecule has 1 fully saturated rings. The fraction of sp³-hybridized carbons (Fsp3) is 0.476. The van der Waals surface area contributed by atoms with Crippen LogP contribution in [0.25, 0.3) is 0 Å². The average Bonchev–Trinajstić information content (AvgIpc) is 3.27. The van der Waals surface area contributed by atoms with Crippen LogP contribution in [0, 0.1) is 5.92 Å². The highest BCUT2D eigenvalue weighted by molar-refractivity contribution is 7.91. The SMILES string of the molecule is O=C(NCC1CCCCC1)C1Cc2ccccc2CN1S(=O)(=O)c1cccs1. The largest absolute Gasteiger partial charge is 0.354 e. The molecule has 1 N–H and O–H groups in total. The molecular formula is C21H26N2O3S2. The van der Waals surface area contributed by atoms with Gasteiger partial charge in [-0.25, -0.2) is 8.42 Å². The first-order valence-corrected chi connectivity index (χ1v) is 12.3. The van der Waals surface area contributed by atoms with Crippen molar-refractivity contribution in [2.75, 3.05) is 6.54 Å². The van der Waals surface area contributed by atoms with Crippen molar-refractivity contribution in [2.45, 2.75) is 55.3 Å². The predicted octanol–water partition coefficient (Wildman–Crippen LogP) is 3.56. The molecular weight excluding hydrogens is 392 g/mol. The normalized spacial score (nSPS) is 21.2. The summed E-state index contributed by atoms with van der Waals surface area (Å²) in [5.41, 5.74) is 2.02. The molecule has 1 aliphatic heterocycles. The molecule has 1 aromatic heterocycles. The lowest BCUT2D eigenvalue weighted by molar-refractivity contribution is -0.125. The van der Waals surface area contributed by atoms with Gasteiger partial charge in [0, 0.05) is 13.1 Å². The van der Waals surface area contributed by atoms with E-state index in [1.54, 1.807) is 17.5 Å². The first-order chi connectivity index (χ1) is 13.6. The van der Waals surface area contributed by atoms with E-state index in [-0.39, 0.29) is 16.7 Å². The molecule has 0 bridgehead atoms. The van der Waals surface area contributed by atoms with E-state index in [0.717, 1.165) is 24.0 Å². The van der Waals surface area contributed by atoms with E-state index in [1.165, 1.54) is 34.9 Å². The Balaban J connectivity index is 1.57. The van der Waals surface area contributed by atoms with Gasteiger partial charge in [-0.1, -0.05) is 49.6 Å². The summed E-state index contributed by atoms with van der Waals surface area (Å²) < 4.78 is 28.1. The van der Waals surface area contributed by atoms with Crippen LogP contribution >= 0.6 is 11.3 Å². The summed E-state index contributed by atoms with van der Waals surface area (Å²) in [5.74, 6) is 0.330. The van der Waals surface area contributed by atoms with Crippen molar-refractivity contribution in [3.63, 3.8) is 0 Å². The molecule has 2 heterocycles.